The maximum absolute atomic E-state index is 13.0. The number of alkyl halides is 3. The monoisotopic (exact) mass is 303 g/mol. The Kier molecular flexibility index (Phi) is 4.88. The zero-order valence-electron chi connectivity index (χ0n) is 12.5. The van der Waals surface area contributed by atoms with Gasteiger partial charge in [0.15, 0.2) is 0 Å². The van der Waals surface area contributed by atoms with Crippen molar-refractivity contribution in [2.75, 3.05) is 12.5 Å². The van der Waals surface area contributed by atoms with Crippen molar-refractivity contribution in [3.8, 4) is 0 Å². The number of nitrogens with one attached hydrogen (secondary N) is 1. The fraction of sp³-hybridized carbons (Fsp3) is 0.500. The first-order valence-corrected chi connectivity index (χ1v) is 6.50. The number of anilines is 1. The van der Waals surface area contributed by atoms with E-state index in [2.05, 4.69) is 0 Å². The molecule has 7 heteroatoms. The molecule has 118 valence electrons. The van der Waals surface area contributed by atoms with Crippen LogP contribution in [0.4, 0.5) is 18.9 Å². The lowest BCUT2D eigenvalue weighted by Crippen LogP contribution is -2.44. The van der Waals surface area contributed by atoms with Gasteiger partial charge in [-0.2, -0.15) is 13.2 Å². The van der Waals surface area contributed by atoms with Gasteiger partial charge in [-0.25, -0.2) is 0 Å². The molecule has 4 nitrogen and oxygen atoms in total. The predicted molar refractivity (Wildman–Crippen MR) is 75.7 cm³/mol. The van der Waals surface area contributed by atoms with E-state index in [-0.39, 0.29) is 11.3 Å². The molecule has 21 heavy (non-hydrogen) atoms. The van der Waals surface area contributed by atoms with Crippen molar-refractivity contribution >= 4 is 11.6 Å². The molecular formula is C14H20F3N3O. The first-order valence-electron chi connectivity index (χ1n) is 6.50. The number of nitrogen functional groups attached to an aromatic ring is 1. The molecule has 0 saturated carbocycles. The summed E-state index contributed by atoms with van der Waals surface area (Å²) in [4.78, 5) is 13.8. The van der Waals surface area contributed by atoms with E-state index in [9.17, 15) is 18.0 Å². The first-order chi connectivity index (χ1) is 9.54. The fourth-order valence-corrected chi connectivity index (χ4v) is 1.74. The Bertz CT molecular complexity index is 527. The normalized spacial score (nSPS) is 12.2. The molecule has 3 N–H and O–H groups in total. The van der Waals surface area contributed by atoms with Crippen LogP contribution in [-0.4, -0.2) is 23.4 Å². The molecule has 1 aromatic rings. The lowest BCUT2D eigenvalue weighted by molar-refractivity contribution is -0.137. The van der Waals surface area contributed by atoms with E-state index in [1.54, 1.807) is 7.05 Å². The molecule has 0 fully saturated rings. The van der Waals surface area contributed by atoms with Crippen LogP contribution in [0.25, 0.3) is 0 Å². The quantitative estimate of drug-likeness (QED) is 0.663. The van der Waals surface area contributed by atoms with Gasteiger partial charge in [-0.05, 0) is 38.5 Å². The second-order valence-electron chi connectivity index (χ2n) is 5.43. The Morgan fingerprint density at radius 3 is 2.33 bits per heavy atom. The number of rotatable bonds is 4. The molecule has 0 aliphatic carbocycles. The Labute approximate surface area is 122 Å². The highest BCUT2D eigenvalue weighted by Crippen LogP contribution is 2.35. The highest BCUT2D eigenvalue weighted by Gasteiger charge is 2.35. The summed E-state index contributed by atoms with van der Waals surface area (Å²) in [6, 6.07) is 3.30. The minimum absolute atomic E-state index is 0.0228. The minimum Gasteiger partial charge on any atom is -0.337 e. The van der Waals surface area contributed by atoms with E-state index >= 15 is 0 Å². The molecule has 0 atom stereocenters. The van der Waals surface area contributed by atoms with Crippen LogP contribution in [0.5, 0.6) is 0 Å². The molecule has 1 amide bonds. The van der Waals surface area contributed by atoms with Gasteiger partial charge in [-0.1, -0.05) is 6.92 Å². The van der Waals surface area contributed by atoms with Crippen molar-refractivity contribution in [3.05, 3.63) is 29.3 Å². The maximum Gasteiger partial charge on any atom is 0.418 e. The Morgan fingerprint density at radius 2 is 1.90 bits per heavy atom. The number of nitrogens with two attached hydrogens (primary N) is 1. The van der Waals surface area contributed by atoms with Gasteiger partial charge in [-0.15, -0.1) is 0 Å². The Hall–Kier alpha value is -1.76. The minimum atomic E-state index is -4.59. The Morgan fingerprint density at radius 1 is 1.33 bits per heavy atom. The summed E-state index contributed by atoms with van der Waals surface area (Å²) in [5.41, 5.74) is 0.300. The van der Waals surface area contributed by atoms with Gasteiger partial charge in [0.25, 0.3) is 5.91 Å². The number of hydrogen-bond donors (Lipinski definition) is 2. The average molecular weight is 303 g/mol. The van der Waals surface area contributed by atoms with Gasteiger partial charge in [-0.3, -0.25) is 10.6 Å². The third-order valence-electron chi connectivity index (χ3n) is 3.81. The average Bonchev–Trinajstić information content (AvgIpc) is 2.43. The second kappa shape index (κ2) is 5.93. The molecule has 0 heterocycles. The van der Waals surface area contributed by atoms with Crippen LogP contribution < -0.4 is 11.3 Å². The molecule has 0 aliphatic rings. The van der Waals surface area contributed by atoms with Gasteiger partial charge < -0.3 is 10.3 Å². The summed E-state index contributed by atoms with van der Waals surface area (Å²) >= 11 is 0. The van der Waals surface area contributed by atoms with Crippen LogP contribution in [0.2, 0.25) is 0 Å². The van der Waals surface area contributed by atoms with Gasteiger partial charge in [0, 0.05) is 18.2 Å². The molecule has 0 unspecified atom stereocenters. The molecule has 1 aromatic carbocycles. The molecule has 0 aromatic heterocycles. The smallest absolute Gasteiger partial charge is 0.337 e. The van der Waals surface area contributed by atoms with E-state index in [1.165, 1.54) is 11.0 Å². The zero-order chi connectivity index (χ0) is 16.4. The number of halogens is 3. The SMILES string of the molecule is CCC(C)(C)N(C)C(=O)c1ccc(NN)c(C(F)(F)F)c1. The van der Waals surface area contributed by atoms with Crippen molar-refractivity contribution < 1.29 is 18.0 Å². The van der Waals surface area contributed by atoms with Gasteiger partial charge >= 0.3 is 6.18 Å². The summed E-state index contributed by atoms with van der Waals surface area (Å²) in [6.07, 6.45) is -3.90. The van der Waals surface area contributed by atoms with Crippen molar-refractivity contribution in [1.82, 2.24) is 4.90 Å². The first kappa shape index (κ1) is 17.3. The van der Waals surface area contributed by atoms with Crippen LogP contribution in [0, 0.1) is 0 Å². The molecule has 0 bridgehead atoms. The molecule has 0 aliphatic heterocycles. The van der Waals surface area contributed by atoms with Gasteiger partial charge in [0.05, 0.1) is 11.3 Å². The molecular weight excluding hydrogens is 283 g/mol. The summed E-state index contributed by atoms with van der Waals surface area (Å²) in [5, 5.41) is 0. The van der Waals surface area contributed by atoms with E-state index in [0.717, 1.165) is 12.1 Å². The molecule has 1 rings (SSSR count). The van der Waals surface area contributed by atoms with Crippen molar-refractivity contribution in [2.24, 2.45) is 5.84 Å². The Balaban J connectivity index is 3.24. The molecule has 0 saturated heterocycles. The standard InChI is InChI=1S/C14H20F3N3O/c1-5-13(2,3)20(4)12(21)9-6-7-11(19-18)10(8-9)14(15,16)17/h6-8,19H,5,18H2,1-4H3. The highest BCUT2D eigenvalue weighted by atomic mass is 19.4. The number of amides is 1. The number of carbonyl (C=O) groups excluding carboxylic acids is 1. The lowest BCUT2D eigenvalue weighted by atomic mass is 9.98. The fourth-order valence-electron chi connectivity index (χ4n) is 1.74. The molecule has 0 spiro atoms. The predicted octanol–water partition coefficient (Wildman–Crippen LogP) is 3.25. The van der Waals surface area contributed by atoms with Gasteiger partial charge in [0.2, 0.25) is 0 Å². The lowest BCUT2D eigenvalue weighted by Gasteiger charge is -2.35. The summed E-state index contributed by atoms with van der Waals surface area (Å²) in [5.74, 6) is 4.62. The molecule has 0 radical (unpaired) electrons. The van der Waals surface area contributed by atoms with Crippen LogP contribution in [0.15, 0.2) is 18.2 Å². The zero-order valence-corrected chi connectivity index (χ0v) is 12.5. The van der Waals surface area contributed by atoms with Crippen molar-refractivity contribution in [2.45, 2.75) is 38.9 Å². The van der Waals surface area contributed by atoms with Crippen molar-refractivity contribution in [1.29, 1.82) is 0 Å². The number of carbonyl (C=O) groups is 1. The van der Waals surface area contributed by atoms with E-state index < -0.39 is 23.2 Å². The van der Waals surface area contributed by atoms with Crippen molar-refractivity contribution in [3.63, 3.8) is 0 Å². The topological polar surface area (TPSA) is 58.4 Å². The van der Waals surface area contributed by atoms with E-state index in [1.807, 2.05) is 26.2 Å². The largest absolute Gasteiger partial charge is 0.418 e. The third-order valence-corrected chi connectivity index (χ3v) is 3.81. The van der Waals surface area contributed by atoms with Crippen LogP contribution in [-0.2, 0) is 6.18 Å². The van der Waals surface area contributed by atoms with E-state index in [0.29, 0.717) is 6.42 Å². The van der Waals surface area contributed by atoms with Gasteiger partial charge in [0.1, 0.15) is 0 Å². The summed E-state index contributed by atoms with van der Waals surface area (Å²) < 4.78 is 38.9. The number of hydrogen-bond acceptors (Lipinski definition) is 3. The summed E-state index contributed by atoms with van der Waals surface area (Å²) in [7, 11) is 1.58. The van der Waals surface area contributed by atoms with Crippen LogP contribution in [0.1, 0.15) is 43.1 Å². The number of hydrazine groups is 1. The van der Waals surface area contributed by atoms with E-state index in [4.69, 9.17) is 5.84 Å². The number of benzene rings is 1. The van der Waals surface area contributed by atoms with Crippen LogP contribution in [0.3, 0.4) is 0 Å². The van der Waals surface area contributed by atoms with Crippen LogP contribution >= 0.6 is 0 Å². The second-order valence-corrected chi connectivity index (χ2v) is 5.43. The highest BCUT2D eigenvalue weighted by molar-refractivity contribution is 5.95. The third kappa shape index (κ3) is 3.66. The maximum atomic E-state index is 13.0. The summed E-state index contributed by atoms with van der Waals surface area (Å²) in [6.45, 7) is 5.61. The number of nitrogens with zero attached hydrogens (tertiary/aromatic N) is 1.